The predicted octanol–water partition coefficient (Wildman–Crippen LogP) is 2.32. The smallest absolute Gasteiger partial charge is 0.308 e. The molecular formula is C15H14ClF2NO3. The van der Waals surface area contributed by atoms with E-state index in [1.807, 2.05) is 0 Å². The molecule has 0 aliphatic rings. The number of rotatable bonds is 7. The lowest BCUT2D eigenvalue weighted by Crippen LogP contribution is -2.32. The highest BCUT2D eigenvalue weighted by molar-refractivity contribution is 6.27. The lowest BCUT2D eigenvalue weighted by molar-refractivity contribution is -0.144. The third-order valence-electron chi connectivity index (χ3n) is 2.67. The molecule has 0 spiro atoms. The molecule has 0 aliphatic carbocycles. The van der Waals surface area contributed by atoms with Crippen LogP contribution in [-0.2, 0) is 14.3 Å². The number of halogens is 3. The molecule has 1 aromatic carbocycles. The van der Waals surface area contributed by atoms with E-state index in [4.69, 9.17) is 22.8 Å². The van der Waals surface area contributed by atoms with Crippen molar-refractivity contribution >= 4 is 23.5 Å². The van der Waals surface area contributed by atoms with Crippen LogP contribution in [0.15, 0.2) is 18.2 Å². The molecule has 1 rings (SSSR count). The summed E-state index contributed by atoms with van der Waals surface area (Å²) in [5.41, 5.74) is -0.0335. The summed E-state index contributed by atoms with van der Waals surface area (Å²) in [6.45, 7) is 0.0252. The minimum absolute atomic E-state index is 0.0252. The summed E-state index contributed by atoms with van der Waals surface area (Å²) < 4.78 is 31.6. The van der Waals surface area contributed by atoms with Gasteiger partial charge in [0.1, 0.15) is 24.1 Å². The van der Waals surface area contributed by atoms with Crippen LogP contribution in [0.5, 0.6) is 0 Å². The molecule has 0 saturated carbocycles. The Kier molecular flexibility index (Phi) is 7.33. The van der Waals surface area contributed by atoms with E-state index in [0.29, 0.717) is 6.07 Å². The first-order chi connectivity index (χ1) is 10.5. The molecule has 1 aromatic rings. The largest absolute Gasteiger partial charge is 0.465 e. The fourth-order valence-electron chi connectivity index (χ4n) is 1.71. The zero-order chi connectivity index (χ0) is 16.5. The average Bonchev–Trinajstić information content (AvgIpc) is 2.46. The predicted molar refractivity (Wildman–Crippen MR) is 77.0 cm³/mol. The Bertz CT molecular complexity index is 587. The first kappa shape index (κ1) is 17.9. The lowest BCUT2D eigenvalue weighted by Gasteiger charge is -2.18. The molecule has 0 aliphatic heterocycles. The monoisotopic (exact) mass is 329 g/mol. The molecule has 7 heteroatoms. The second-order valence-corrected chi connectivity index (χ2v) is 4.57. The van der Waals surface area contributed by atoms with Crippen LogP contribution in [0.2, 0.25) is 0 Å². The van der Waals surface area contributed by atoms with E-state index in [0.717, 1.165) is 12.1 Å². The summed E-state index contributed by atoms with van der Waals surface area (Å²) in [6.07, 6.45) is 4.95. The number of alkyl halides is 1. The van der Waals surface area contributed by atoms with Gasteiger partial charge in [-0.25, -0.2) is 8.78 Å². The first-order valence-corrected chi connectivity index (χ1v) is 6.90. The van der Waals surface area contributed by atoms with E-state index in [2.05, 4.69) is 11.2 Å². The van der Waals surface area contributed by atoms with Crippen LogP contribution in [0.4, 0.5) is 8.78 Å². The molecule has 0 aromatic heterocycles. The Morgan fingerprint density at radius 3 is 2.73 bits per heavy atom. The molecule has 1 amide bonds. The van der Waals surface area contributed by atoms with Crippen molar-refractivity contribution in [3.63, 3.8) is 0 Å². The number of hydrogen-bond donors (Lipinski definition) is 1. The third-order valence-corrected chi connectivity index (χ3v) is 2.92. The number of carbonyl (C=O) groups excluding carboxylic acids is 2. The number of amides is 1. The fraction of sp³-hybridized carbons (Fsp3) is 0.333. The van der Waals surface area contributed by atoms with Gasteiger partial charge in [-0.05, 0) is 6.07 Å². The number of esters is 1. The number of carbonyl (C=O) groups is 2. The van der Waals surface area contributed by atoms with Gasteiger partial charge in [0.15, 0.2) is 0 Å². The molecular weight excluding hydrogens is 316 g/mol. The second kappa shape index (κ2) is 9.00. The first-order valence-electron chi connectivity index (χ1n) is 6.37. The normalized spacial score (nSPS) is 11.4. The van der Waals surface area contributed by atoms with Gasteiger partial charge < -0.3 is 10.1 Å². The SMILES string of the molecule is C#CCCOC(=O)CC(NC(=O)CCl)c1ccc(F)cc1F. The number of benzene rings is 1. The minimum Gasteiger partial charge on any atom is -0.465 e. The van der Waals surface area contributed by atoms with Crippen LogP contribution >= 0.6 is 11.6 Å². The summed E-state index contributed by atoms with van der Waals surface area (Å²) >= 11 is 5.38. The van der Waals surface area contributed by atoms with Crippen LogP contribution in [0.3, 0.4) is 0 Å². The van der Waals surface area contributed by atoms with E-state index in [1.165, 1.54) is 0 Å². The molecule has 118 valence electrons. The lowest BCUT2D eigenvalue weighted by atomic mass is 10.0. The van der Waals surface area contributed by atoms with E-state index < -0.39 is 29.6 Å². The summed E-state index contributed by atoms with van der Waals surface area (Å²) in [5, 5.41) is 2.39. The van der Waals surface area contributed by atoms with Crippen molar-refractivity contribution in [3.05, 3.63) is 35.4 Å². The fourth-order valence-corrected chi connectivity index (χ4v) is 1.78. The molecule has 22 heavy (non-hydrogen) atoms. The van der Waals surface area contributed by atoms with Crippen LogP contribution in [0, 0.1) is 24.0 Å². The maximum Gasteiger partial charge on any atom is 0.308 e. The van der Waals surface area contributed by atoms with E-state index in [9.17, 15) is 18.4 Å². The third kappa shape index (κ3) is 5.70. The van der Waals surface area contributed by atoms with Crippen LogP contribution in [0.25, 0.3) is 0 Å². The highest BCUT2D eigenvalue weighted by Gasteiger charge is 2.22. The van der Waals surface area contributed by atoms with E-state index in [1.54, 1.807) is 0 Å². The highest BCUT2D eigenvalue weighted by atomic mass is 35.5. The Labute approximate surface area is 131 Å². The van der Waals surface area contributed by atoms with Crippen molar-refractivity contribution in [1.82, 2.24) is 5.32 Å². The molecule has 0 bridgehead atoms. The van der Waals surface area contributed by atoms with Gasteiger partial charge in [0.25, 0.3) is 0 Å². The quantitative estimate of drug-likeness (QED) is 0.361. The van der Waals surface area contributed by atoms with Gasteiger partial charge in [-0.15, -0.1) is 23.9 Å². The van der Waals surface area contributed by atoms with Crippen molar-refractivity contribution in [2.75, 3.05) is 12.5 Å². The topological polar surface area (TPSA) is 55.4 Å². The average molecular weight is 330 g/mol. The van der Waals surface area contributed by atoms with Crippen LogP contribution in [0.1, 0.15) is 24.4 Å². The summed E-state index contributed by atoms with van der Waals surface area (Å²) in [7, 11) is 0. The van der Waals surface area contributed by atoms with E-state index in [-0.39, 0.29) is 30.9 Å². The molecule has 1 N–H and O–H groups in total. The second-order valence-electron chi connectivity index (χ2n) is 4.30. The van der Waals surface area contributed by atoms with Gasteiger partial charge in [-0.3, -0.25) is 9.59 Å². The Morgan fingerprint density at radius 2 is 2.14 bits per heavy atom. The van der Waals surface area contributed by atoms with Crippen molar-refractivity contribution in [2.45, 2.75) is 18.9 Å². The van der Waals surface area contributed by atoms with Crippen LogP contribution in [-0.4, -0.2) is 24.4 Å². The minimum atomic E-state index is -1.01. The maximum atomic E-state index is 13.8. The maximum absolute atomic E-state index is 13.8. The molecule has 4 nitrogen and oxygen atoms in total. The Morgan fingerprint density at radius 1 is 1.41 bits per heavy atom. The van der Waals surface area contributed by atoms with E-state index >= 15 is 0 Å². The van der Waals surface area contributed by atoms with Gasteiger partial charge in [0, 0.05) is 18.1 Å². The van der Waals surface area contributed by atoms with Crippen molar-refractivity contribution in [2.24, 2.45) is 0 Å². The summed E-state index contributed by atoms with van der Waals surface area (Å²) in [5.74, 6) is -0.958. The zero-order valence-electron chi connectivity index (χ0n) is 11.6. The van der Waals surface area contributed by atoms with Gasteiger partial charge in [0.2, 0.25) is 5.91 Å². The molecule has 1 atom stereocenters. The summed E-state index contributed by atoms with van der Waals surface area (Å²) in [6, 6.07) is 1.84. The van der Waals surface area contributed by atoms with Gasteiger partial charge in [-0.1, -0.05) is 6.07 Å². The molecule has 0 fully saturated rings. The zero-order valence-corrected chi connectivity index (χ0v) is 12.3. The van der Waals surface area contributed by atoms with Crippen molar-refractivity contribution in [1.29, 1.82) is 0 Å². The van der Waals surface area contributed by atoms with Gasteiger partial charge >= 0.3 is 5.97 Å². The molecule has 0 saturated heterocycles. The van der Waals surface area contributed by atoms with Crippen molar-refractivity contribution in [3.8, 4) is 12.3 Å². The van der Waals surface area contributed by atoms with Crippen molar-refractivity contribution < 1.29 is 23.1 Å². The molecule has 0 heterocycles. The highest BCUT2D eigenvalue weighted by Crippen LogP contribution is 2.22. The molecule has 0 radical (unpaired) electrons. The van der Waals surface area contributed by atoms with Gasteiger partial charge in [-0.2, -0.15) is 0 Å². The van der Waals surface area contributed by atoms with Crippen LogP contribution < -0.4 is 5.32 Å². The number of ether oxygens (including phenoxy) is 1. The number of nitrogens with one attached hydrogen (secondary N) is 1. The Hall–Kier alpha value is -2.13. The van der Waals surface area contributed by atoms with Gasteiger partial charge in [0.05, 0.1) is 12.5 Å². The standard InChI is InChI=1S/C15H14ClF2NO3/c1-2-3-6-22-15(21)8-13(19-14(20)9-16)11-5-4-10(17)7-12(11)18/h1,4-5,7,13H,3,6,8-9H2,(H,19,20). The number of hydrogen-bond acceptors (Lipinski definition) is 3. The Balaban J connectivity index is 2.86. The summed E-state index contributed by atoms with van der Waals surface area (Å²) in [4.78, 5) is 23.1. The number of terminal acetylenes is 1. The molecule has 1 unspecified atom stereocenters.